The zero-order valence-electron chi connectivity index (χ0n) is 11.3. The number of likely N-dealkylation sites (N-methyl/N-ethyl adjacent to an activating group) is 1. The van der Waals surface area contributed by atoms with Crippen molar-refractivity contribution in [2.24, 2.45) is 5.92 Å². The smallest absolute Gasteiger partial charge is 0.306 e. The zero-order chi connectivity index (χ0) is 12.4. The maximum absolute atomic E-state index is 11.5. The lowest BCUT2D eigenvalue weighted by atomic mass is 9.96. The van der Waals surface area contributed by atoms with E-state index >= 15 is 0 Å². The lowest BCUT2D eigenvalue weighted by molar-refractivity contribution is -0.145. The fourth-order valence-electron chi connectivity index (χ4n) is 1.58. The van der Waals surface area contributed by atoms with Crippen LogP contribution in [-0.2, 0) is 9.53 Å². The van der Waals surface area contributed by atoms with Crippen molar-refractivity contribution >= 4 is 5.97 Å². The van der Waals surface area contributed by atoms with Gasteiger partial charge in [0.05, 0.1) is 0 Å². The molecule has 0 saturated carbocycles. The Labute approximate surface area is 100 Å². The average molecular weight is 229 g/mol. The highest BCUT2D eigenvalue weighted by Gasteiger charge is 2.12. The van der Waals surface area contributed by atoms with Gasteiger partial charge in [-0.2, -0.15) is 0 Å². The largest absolute Gasteiger partial charge is 0.464 e. The van der Waals surface area contributed by atoms with Crippen molar-refractivity contribution in [3.05, 3.63) is 0 Å². The Hall–Kier alpha value is -0.570. The molecule has 0 bridgehead atoms. The summed E-state index contributed by atoms with van der Waals surface area (Å²) in [6, 6.07) is 0. The molecule has 96 valence electrons. The third kappa shape index (κ3) is 8.72. The van der Waals surface area contributed by atoms with Crippen molar-refractivity contribution in [1.29, 1.82) is 0 Å². The number of ether oxygens (including phenoxy) is 1. The Morgan fingerprint density at radius 2 is 2.00 bits per heavy atom. The van der Waals surface area contributed by atoms with E-state index in [1.165, 1.54) is 12.8 Å². The van der Waals surface area contributed by atoms with Crippen LogP contribution in [0.4, 0.5) is 0 Å². The van der Waals surface area contributed by atoms with E-state index in [1.54, 1.807) is 0 Å². The number of hydrogen-bond donors (Lipinski definition) is 0. The molecule has 0 aromatic rings. The summed E-state index contributed by atoms with van der Waals surface area (Å²) >= 11 is 0. The van der Waals surface area contributed by atoms with Gasteiger partial charge in [-0.15, -0.1) is 0 Å². The minimum absolute atomic E-state index is 0.0372. The zero-order valence-corrected chi connectivity index (χ0v) is 11.3. The van der Waals surface area contributed by atoms with Crippen LogP contribution >= 0.6 is 0 Å². The Balaban J connectivity index is 3.65. The van der Waals surface area contributed by atoms with E-state index in [2.05, 4.69) is 13.8 Å². The average Bonchev–Trinajstić information content (AvgIpc) is 2.23. The van der Waals surface area contributed by atoms with E-state index in [0.29, 0.717) is 18.9 Å². The van der Waals surface area contributed by atoms with Crippen LogP contribution in [0.1, 0.15) is 46.0 Å². The van der Waals surface area contributed by atoms with E-state index in [-0.39, 0.29) is 5.97 Å². The summed E-state index contributed by atoms with van der Waals surface area (Å²) in [7, 11) is 3.95. The Morgan fingerprint density at radius 1 is 1.31 bits per heavy atom. The molecule has 0 fully saturated rings. The number of carbonyl (C=O) groups is 1. The van der Waals surface area contributed by atoms with Crippen molar-refractivity contribution in [1.82, 2.24) is 4.90 Å². The molecule has 1 unspecified atom stereocenters. The number of carbonyl (C=O) groups excluding carboxylic acids is 1. The third-order valence-electron chi connectivity index (χ3n) is 2.80. The van der Waals surface area contributed by atoms with Crippen LogP contribution in [0.25, 0.3) is 0 Å². The first kappa shape index (κ1) is 15.4. The number of rotatable bonds is 9. The van der Waals surface area contributed by atoms with Crippen LogP contribution in [0, 0.1) is 5.92 Å². The van der Waals surface area contributed by atoms with Gasteiger partial charge < -0.3 is 9.64 Å². The summed E-state index contributed by atoms with van der Waals surface area (Å²) < 4.78 is 5.18. The molecule has 0 radical (unpaired) electrons. The van der Waals surface area contributed by atoms with E-state index < -0.39 is 0 Å². The number of unbranched alkanes of at least 4 members (excludes halogenated alkanes) is 1. The molecule has 16 heavy (non-hydrogen) atoms. The molecule has 0 N–H and O–H groups in total. The van der Waals surface area contributed by atoms with Crippen molar-refractivity contribution in [3.8, 4) is 0 Å². The fourth-order valence-corrected chi connectivity index (χ4v) is 1.58. The highest BCUT2D eigenvalue weighted by atomic mass is 16.5. The lowest BCUT2D eigenvalue weighted by Gasteiger charge is -2.14. The Kier molecular flexibility index (Phi) is 9.30. The number of nitrogens with zero attached hydrogens (tertiary/aromatic N) is 1. The first-order valence-electron chi connectivity index (χ1n) is 6.40. The molecule has 0 aliphatic carbocycles. The van der Waals surface area contributed by atoms with Crippen LogP contribution in [0.2, 0.25) is 0 Å². The first-order chi connectivity index (χ1) is 7.60. The van der Waals surface area contributed by atoms with E-state index in [9.17, 15) is 4.79 Å². The normalized spacial score (nSPS) is 12.8. The van der Waals surface area contributed by atoms with E-state index in [1.807, 2.05) is 19.0 Å². The second-order valence-electron chi connectivity index (χ2n) is 4.64. The molecule has 0 aromatic carbocycles. The summed E-state index contributed by atoms with van der Waals surface area (Å²) in [5.41, 5.74) is 0. The minimum Gasteiger partial charge on any atom is -0.464 e. The predicted molar refractivity (Wildman–Crippen MR) is 67.4 cm³/mol. The van der Waals surface area contributed by atoms with Crippen molar-refractivity contribution in [2.75, 3.05) is 27.2 Å². The van der Waals surface area contributed by atoms with Crippen LogP contribution in [0.3, 0.4) is 0 Å². The van der Waals surface area contributed by atoms with Crippen LogP contribution in [-0.4, -0.2) is 38.1 Å². The highest BCUT2D eigenvalue weighted by molar-refractivity contribution is 5.69. The van der Waals surface area contributed by atoms with Gasteiger partial charge in [0, 0.05) is 13.0 Å². The quantitative estimate of drug-likeness (QED) is 0.569. The maximum Gasteiger partial charge on any atom is 0.306 e. The third-order valence-corrected chi connectivity index (χ3v) is 2.80. The molecule has 0 aliphatic heterocycles. The lowest BCUT2D eigenvalue weighted by Crippen LogP contribution is -2.21. The molecule has 1 atom stereocenters. The van der Waals surface area contributed by atoms with Gasteiger partial charge in [-0.25, -0.2) is 0 Å². The molecule has 3 nitrogen and oxygen atoms in total. The summed E-state index contributed by atoms with van der Waals surface area (Å²) in [5.74, 6) is 0.469. The van der Waals surface area contributed by atoms with Gasteiger partial charge in [-0.05, 0) is 26.4 Å². The summed E-state index contributed by atoms with van der Waals surface area (Å²) in [4.78, 5) is 13.5. The molecular weight excluding hydrogens is 202 g/mol. The molecule has 0 spiro atoms. The first-order valence-corrected chi connectivity index (χ1v) is 6.40. The minimum atomic E-state index is -0.0372. The second-order valence-corrected chi connectivity index (χ2v) is 4.64. The topological polar surface area (TPSA) is 29.5 Å². The standard InChI is InChI=1S/C13H27NO2/c1-5-7-8-12(6-2)11-13(15)16-10-9-14(3)4/h12H,5-11H2,1-4H3. The molecule has 0 saturated heterocycles. The summed E-state index contributed by atoms with van der Waals surface area (Å²) in [5, 5.41) is 0. The van der Waals surface area contributed by atoms with E-state index in [4.69, 9.17) is 4.74 Å². The molecule has 0 rings (SSSR count). The Bertz CT molecular complexity index is 181. The summed E-state index contributed by atoms with van der Waals surface area (Å²) in [6.07, 6.45) is 5.22. The molecule has 0 aromatic heterocycles. The molecular formula is C13H27NO2. The van der Waals surface area contributed by atoms with Crippen molar-refractivity contribution in [3.63, 3.8) is 0 Å². The maximum atomic E-state index is 11.5. The molecule has 0 heterocycles. The van der Waals surface area contributed by atoms with Gasteiger partial charge in [0.1, 0.15) is 6.61 Å². The van der Waals surface area contributed by atoms with Gasteiger partial charge in [-0.1, -0.05) is 33.1 Å². The van der Waals surface area contributed by atoms with Gasteiger partial charge in [0.2, 0.25) is 0 Å². The van der Waals surface area contributed by atoms with Gasteiger partial charge >= 0.3 is 5.97 Å². The van der Waals surface area contributed by atoms with Crippen LogP contribution < -0.4 is 0 Å². The van der Waals surface area contributed by atoms with Crippen molar-refractivity contribution < 1.29 is 9.53 Å². The van der Waals surface area contributed by atoms with E-state index in [0.717, 1.165) is 19.4 Å². The number of esters is 1. The SMILES string of the molecule is CCCCC(CC)CC(=O)OCCN(C)C. The fraction of sp³-hybridized carbons (Fsp3) is 0.923. The van der Waals surface area contributed by atoms with Crippen LogP contribution in [0.15, 0.2) is 0 Å². The Morgan fingerprint density at radius 3 is 2.50 bits per heavy atom. The molecule has 0 aliphatic rings. The predicted octanol–water partition coefficient (Wildman–Crippen LogP) is 2.70. The molecule has 0 amide bonds. The number of hydrogen-bond acceptors (Lipinski definition) is 3. The second kappa shape index (κ2) is 9.64. The van der Waals surface area contributed by atoms with Gasteiger partial charge in [-0.3, -0.25) is 4.79 Å². The van der Waals surface area contributed by atoms with Crippen LogP contribution in [0.5, 0.6) is 0 Å². The van der Waals surface area contributed by atoms with Gasteiger partial charge in [0.25, 0.3) is 0 Å². The van der Waals surface area contributed by atoms with Crippen molar-refractivity contribution in [2.45, 2.75) is 46.0 Å². The monoisotopic (exact) mass is 229 g/mol. The molecule has 3 heteroatoms. The highest BCUT2D eigenvalue weighted by Crippen LogP contribution is 2.16. The van der Waals surface area contributed by atoms with Gasteiger partial charge in [0.15, 0.2) is 0 Å². The summed E-state index contributed by atoms with van der Waals surface area (Å²) in [6.45, 7) is 5.64.